The predicted molar refractivity (Wildman–Crippen MR) is 110 cm³/mol. The summed E-state index contributed by atoms with van der Waals surface area (Å²) in [5, 5.41) is 7.02. The minimum absolute atomic E-state index is 0.136. The topological polar surface area (TPSA) is 89.8 Å². The summed E-state index contributed by atoms with van der Waals surface area (Å²) in [7, 11) is 0. The molecule has 0 aliphatic rings. The van der Waals surface area contributed by atoms with E-state index in [2.05, 4.69) is 20.4 Å². The first-order valence-electron chi connectivity index (χ1n) is 8.97. The summed E-state index contributed by atoms with van der Waals surface area (Å²) >= 11 is 0. The smallest absolute Gasteiger partial charge is 0.276 e. The molecule has 0 aliphatic heterocycles. The maximum absolute atomic E-state index is 12.7. The highest BCUT2D eigenvalue weighted by Gasteiger charge is 2.12. The maximum Gasteiger partial charge on any atom is 0.276 e. The van der Waals surface area contributed by atoms with Gasteiger partial charge < -0.3 is 5.32 Å². The van der Waals surface area contributed by atoms with Crippen molar-refractivity contribution in [2.45, 2.75) is 6.92 Å². The van der Waals surface area contributed by atoms with Gasteiger partial charge in [-0.05, 0) is 43.3 Å². The second-order valence-electron chi connectivity index (χ2n) is 6.33. The van der Waals surface area contributed by atoms with Crippen molar-refractivity contribution in [2.75, 3.05) is 5.32 Å². The Morgan fingerprint density at radius 2 is 1.79 bits per heavy atom. The van der Waals surface area contributed by atoms with Crippen molar-refractivity contribution in [3.63, 3.8) is 0 Å². The third-order valence-electron chi connectivity index (χ3n) is 4.23. The van der Waals surface area contributed by atoms with E-state index >= 15 is 0 Å². The minimum atomic E-state index is -0.411. The van der Waals surface area contributed by atoms with Crippen LogP contribution in [0, 0.1) is 6.92 Å². The average molecular weight is 383 g/mol. The molecule has 0 aliphatic carbocycles. The molecule has 4 aromatic rings. The quantitative estimate of drug-likeness (QED) is 0.584. The molecule has 0 bridgehead atoms. The SMILES string of the molecule is Cc1nccc(-c2cccc(NC(=O)c3ccc(=O)n(-c4ccccc4)n3)c2)n1. The Balaban J connectivity index is 1.61. The fraction of sp³-hybridized carbons (Fsp3) is 0.0455. The molecule has 0 atom stereocenters. The van der Waals surface area contributed by atoms with Gasteiger partial charge >= 0.3 is 0 Å². The van der Waals surface area contributed by atoms with Crippen LogP contribution in [0.15, 0.2) is 83.8 Å². The standard InChI is InChI=1S/C22H17N5O2/c1-15-23-13-12-19(24-15)16-6-5-7-17(14-16)25-22(29)20-10-11-21(28)27(26-20)18-8-3-2-4-9-18/h2-14H,1H3,(H,25,29). The number of para-hydroxylation sites is 1. The molecule has 0 radical (unpaired) electrons. The van der Waals surface area contributed by atoms with E-state index in [0.717, 1.165) is 11.3 Å². The van der Waals surface area contributed by atoms with Gasteiger partial charge in [-0.15, -0.1) is 0 Å². The van der Waals surface area contributed by atoms with Gasteiger partial charge in [0.15, 0.2) is 0 Å². The molecule has 7 heteroatoms. The van der Waals surface area contributed by atoms with E-state index in [9.17, 15) is 9.59 Å². The first-order chi connectivity index (χ1) is 14.1. The van der Waals surface area contributed by atoms with Crippen LogP contribution in [0.4, 0.5) is 5.69 Å². The van der Waals surface area contributed by atoms with E-state index in [1.165, 1.54) is 16.8 Å². The van der Waals surface area contributed by atoms with E-state index in [-0.39, 0.29) is 11.3 Å². The van der Waals surface area contributed by atoms with Crippen LogP contribution in [-0.2, 0) is 0 Å². The number of nitrogens with zero attached hydrogens (tertiary/aromatic N) is 4. The van der Waals surface area contributed by atoms with E-state index < -0.39 is 5.91 Å². The van der Waals surface area contributed by atoms with Crippen LogP contribution in [0.5, 0.6) is 0 Å². The van der Waals surface area contributed by atoms with Gasteiger partial charge in [0.05, 0.1) is 11.4 Å². The van der Waals surface area contributed by atoms with Gasteiger partial charge in [-0.25, -0.2) is 9.97 Å². The molecule has 142 valence electrons. The van der Waals surface area contributed by atoms with Crippen molar-refractivity contribution in [1.29, 1.82) is 0 Å². The lowest BCUT2D eigenvalue weighted by molar-refractivity contribution is 0.102. The Morgan fingerprint density at radius 3 is 2.59 bits per heavy atom. The van der Waals surface area contributed by atoms with Crippen LogP contribution in [0.25, 0.3) is 16.9 Å². The van der Waals surface area contributed by atoms with Crippen LogP contribution < -0.4 is 10.9 Å². The van der Waals surface area contributed by atoms with Crippen molar-refractivity contribution < 1.29 is 4.79 Å². The van der Waals surface area contributed by atoms with Crippen molar-refractivity contribution in [2.24, 2.45) is 0 Å². The van der Waals surface area contributed by atoms with Crippen LogP contribution in [0.3, 0.4) is 0 Å². The maximum atomic E-state index is 12.7. The Hall–Kier alpha value is -4.13. The van der Waals surface area contributed by atoms with Crippen molar-refractivity contribution in [3.8, 4) is 16.9 Å². The van der Waals surface area contributed by atoms with Crippen molar-refractivity contribution >= 4 is 11.6 Å². The summed E-state index contributed by atoms with van der Waals surface area (Å²) in [5.41, 5.74) is 2.64. The number of hydrogen-bond acceptors (Lipinski definition) is 5. The number of rotatable bonds is 4. The summed E-state index contributed by atoms with van der Waals surface area (Å²) in [6, 6.07) is 20.9. The monoisotopic (exact) mass is 383 g/mol. The van der Waals surface area contributed by atoms with Crippen LogP contribution in [0.1, 0.15) is 16.3 Å². The molecule has 29 heavy (non-hydrogen) atoms. The molecule has 2 aromatic carbocycles. The normalized spacial score (nSPS) is 10.5. The molecule has 0 spiro atoms. The third-order valence-corrected chi connectivity index (χ3v) is 4.23. The highest BCUT2D eigenvalue weighted by Crippen LogP contribution is 2.21. The number of aryl methyl sites for hydroxylation is 1. The van der Waals surface area contributed by atoms with E-state index in [0.29, 0.717) is 17.2 Å². The Bertz CT molecular complexity index is 1240. The molecule has 2 aromatic heterocycles. The Kier molecular flexibility index (Phi) is 4.94. The molecule has 4 rings (SSSR count). The lowest BCUT2D eigenvalue weighted by Crippen LogP contribution is -2.24. The molecule has 0 fully saturated rings. The molecule has 0 saturated carbocycles. The average Bonchev–Trinajstić information content (AvgIpc) is 2.75. The number of anilines is 1. The summed E-state index contributed by atoms with van der Waals surface area (Å²) < 4.78 is 1.20. The summed E-state index contributed by atoms with van der Waals surface area (Å²) in [6.45, 7) is 1.82. The molecule has 0 unspecified atom stereocenters. The second kappa shape index (κ2) is 7.85. The lowest BCUT2D eigenvalue weighted by atomic mass is 10.1. The van der Waals surface area contributed by atoms with Crippen LogP contribution >= 0.6 is 0 Å². The van der Waals surface area contributed by atoms with Gasteiger partial charge in [0, 0.05) is 23.5 Å². The highest BCUT2D eigenvalue weighted by atomic mass is 16.2. The number of carbonyl (C=O) groups is 1. The van der Waals surface area contributed by atoms with Gasteiger partial charge in [0.2, 0.25) is 0 Å². The largest absolute Gasteiger partial charge is 0.321 e. The number of nitrogens with one attached hydrogen (secondary N) is 1. The number of amides is 1. The van der Waals surface area contributed by atoms with Crippen molar-refractivity contribution in [1.82, 2.24) is 19.7 Å². The highest BCUT2D eigenvalue weighted by molar-refractivity contribution is 6.03. The number of hydrogen-bond donors (Lipinski definition) is 1. The first-order valence-corrected chi connectivity index (χ1v) is 8.97. The summed E-state index contributed by atoms with van der Waals surface area (Å²) in [4.78, 5) is 33.3. The van der Waals surface area contributed by atoms with Crippen LogP contribution in [-0.4, -0.2) is 25.7 Å². The third kappa shape index (κ3) is 4.08. The zero-order valence-electron chi connectivity index (χ0n) is 15.6. The molecular formula is C22H17N5O2. The van der Waals surface area contributed by atoms with E-state index in [4.69, 9.17) is 0 Å². The fourth-order valence-corrected chi connectivity index (χ4v) is 2.85. The van der Waals surface area contributed by atoms with Crippen molar-refractivity contribution in [3.05, 3.63) is 101 Å². The van der Waals surface area contributed by atoms with Gasteiger partial charge in [-0.1, -0.05) is 30.3 Å². The van der Waals surface area contributed by atoms with Crippen LogP contribution in [0.2, 0.25) is 0 Å². The minimum Gasteiger partial charge on any atom is -0.321 e. The Morgan fingerprint density at radius 1 is 0.966 bits per heavy atom. The molecule has 1 N–H and O–H groups in total. The molecular weight excluding hydrogens is 366 g/mol. The second-order valence-corrected chi connectivity index (χ2v) is 6.33. The Labute approximate surface area is 166 Å². The first kappa shape index (κ1) is 18.2. The summed E-state index contributed by atoms with van der Waals surface area (Å²) in [6.07, 6.45) is 1.69. The molecule has 7 nitrogen and oxygen atoms in total. The molecule has 0 saturated heterocycles. The molecule has 2 heterocycles. The lowest BCUT2D eigenvalue weighted by Gasteiger charge is -2.09. The van der Waals surface area contributed by atoms with E-state index in [1.807, 2.05) is 37.3 Å². The number of benzene rings is 2. The number of aromatic nitrogens is 4. The predicted octanol–water partition coefficient (Wildman–Crippen LogP) is 3.25. The van der Waals surface area contributed by atoms with E-state index in [1.54, 1.807) is 36.5 Å². The zero-order chi connectivity index (χ0) is 20.2. The number of carbonyl (C=O) groups excluding carboxylic acids is 1. The zero-order valence-corrected chi connectivity index (χ0v) is 15.6. The molecule has 1 amide bonds. The van der Waals surface area contributed by atoms with Gasteiger partial charge in [-0.3, -0.25) is 9.59 Å². The summed E-state index contributed by atoms with van der Waals surface area (Å²) in [5.74, 6) is 0.259. The van der Waals surface area contributed by atoms with Gasteiger partial charge in [0.25, 0.3) is 11.5 Å². The van der Waals surface area contributed by atoms with Gasteiger partial charge in [0.1, 0.15) is 11.5 Å². The fourth-order valence-electron chi connectivity index (χ4n) is 2.85. The van der Waals surface area contributed by atoms with Gasteiger partial charge in [-0.2, -0.15) is 9.78 Å².